The van der Waals surface area contributed by atoms with Crippen LogP contribution in [0.1, 0.15) is 75.5 Å². The molecule has 0 aromatic heterocycles. The highest BCUT2D eigenvalue weighted by molar-refractivity contribution is 7.99. The molecule has 0 saturated carbocycles. The number of rotatable bonds is 8. The van der Waals surface area contributed by atoms with Crippen molar-refractivity contribution in [3.8, 4) is 0 Å². The smallest absolute Gasteiger partial charge is 0.129 e. The van der Waals surface area contributed by atoms with Gasteiger partial charge in [-0.25, -0.2) is 0 Å². The lowest BCUT2D eigenvalue weighted by Gasteiger charge is -2.31. The van der Waals surface area contributed by atoms with Gasteiger partial charge in [0, 0.05) is 5.56 Å². The Morgan fingerprint density at radius 3 is 2.24 bits per heavy atom. The summed E-state index contributed by atoms with van der Waals surface area (Å²) in [7, 11) is 0. The van der Waals surface area contributed by atoms with E-state index in [-0.39, 0.29) is 22.8 Å². The number of benzene rings is 5. The number of nitrogens with one attached hydrogen (secondary N) is 1. The zero-order valence-electron chi connectivity index (χ0n) is 25.2. The van der Waals surface area contributed by atoms with Crippen LogP contribution in [-0.4, -0.2) is 5.84 Å². The monoisotopic (exact) mass is 606 g/mol. The van der Waals surface area contributed by atoms with E-state index in [1.165, 1.54) is 33.0 Å². The predicted molar refractivity (Wildman–Crippen MR) is 191 cm³/mol. The van der Waals surface area contributed by atoms with Gasteiger partial charge in [0.25, 0.3) is 0 Å². The average Bonchev–Trinajstić information content (AvgIpc) is 3.12. The molecule has 5 heteroatoms. The molecule has 0 bridgehead atoms. The van der Waals surface area contributed by atoms with Crippen LogP contribution in [0.25, 0.3) is 16.3 Å². The molecule has 0 spiro atoms. The summed E-state index contributed by atoms with van der Waals surface area (Å²) in [6.45, 7) is 0. The largest absolute Gasteiger partial charge is 0.363 e. The summed E-state index contributed by atoms with van der Waals surface area (Å²) in [4.78, 5) is 5.29. The van der Waals surface area contributed by atoms with Gasteiger partial charge >= 0.3 is 0 Å². The van der Waals surface area contributed by atoms with Crippen molar-refractivity contribution < 1.29 is 0 Å². The summed E-state index contributed by atoms with van der Waals surface area (Å²) in [6.07, 6.45) is 9.77. The van der Waals surface area contributed by atoms with E-state index in [4.69, 9.17) is 16.5 Å². The second kappa shape index (κ2) is 13.3. The molecule has 2 aliphatic rings. The van der Waals surface area contributed by atoms with Gasteiger partial charge < -0.3 is 16.8 Å². The molecule has 4 atom stereocenters. The molecule has 5 aromatic carbocycles. The number of hydrogen-bond acceptors (Lipinski definition) is 5. The minimum atomic E-state index is -0.298. The molecule has 4 unspecified atom stereocenters. The molecule has 7 rings (SSSR count). The van der Waals surface area contributed by atoms with Crippen LogP contribution < -0.4 is 16.8 Å². The summed E-state index contributed by atoms with van der Waals surface area (Å²) >= 11 is 1.60. The van der Waals surface area contributed by atoms with Gasteiger partial charge in [0.1, 0.15) is 5.84 Å². The zero-order chi connectivity index (χ0) is 30.6. The van der Waals surface area contributed by atoms with E-state index in [2.05, 4.69) is 139 Å². The molecule has 0 saturated heterocycles. The fourth-order valence-corrected chi connectivity index (χ4v) is 7.48. The molecule has 0 amide bonds. The summed E-state index contributed by atoms with van der Waals surface area (Å²) < 4.78 is 0. The maximum Gasteiger partial charge on any atom is 0.129 e. The number of allylic oxidation sites excluding steroid dienone is 4. The van der Waals surface area contributed by atoms with Crippen LogP contribution in [0, 0.1) is 0 Å². The Bertz CT molecular complexity index is 1870. The molecule has 5 N–H and O–H groups in total. The van der Waals surface area contributed by atoms with Gasteiger partial charge in [-0.15, -0.1) is 11.8 Å². The minimum absolute atomic E-state index is 0.00514. The summed E-state index contributed by atoms with van der Waals surface area (Å²) in [5, 5.41) is 5.54. The molecule has 1 aliphatic carbocycles. The molecule has 45 heavy (non-hydrogen) atoms. The van der Waals surface area contributed by atoms with Crippen molar-refractivity contribution in [3.63, 3.8) is 0 Å². The number of aliphatic imine (C=N–C) groups is 1. The van der Waals surface area contributed by atoms with Gasteiger partial charge in [0.05, 0.1) is 22.8 Å². The Morgan fingerprint density at radius 1 is 0.711 bits per heavy atom. The van der Waals surface area contributed by atoms with Crippen LogP contribution in [0.3, 0.4) is 0 Å². The first-order chi connectivity index (χ1) is 22.1. The highest BCUT2D eigenvalue weighted by Crippen LogP contribution is 2.42. The van der Waals surface area contributed by atoms with Crippen LogP contribution in [0.4, 0.5) is 0 Å². The Morgan fingerprint density at radius 2 is 1.44 bits per heavy atom. The lowest BCUT2D eigenvalue weighted by Crippen LogP contribution is -2.34. The highest BCUT2D eigenvalue weighted by Gasteiger charge is 2.28. The third-order valence-corrected chi connectivity index (χ3v) is 9.90. The molecule has 4 nitrogen and oxygen atoms in total. The third kappa shape index (κ3) is 6.38. The maximum atomic E-state index is 7.00. The average molecular weight is 607 g/mol. The van der Waals surface area contributed by atoms with Crippen molar-refractivity contribution in [2.45, 2.75) is 42.1 Å². The third-order valence-electron chi connectivity index (χ3n) is 8.80. The zero-order valence-corrected chi connectivity index (χ0v) is 26.0. The van der Waals surface area contributed by atoms with E-state index in [9.17, 15) is 0 Å². The molecule has 224 valence electrons. The number of amidine groups is 1. The fraction of sp³-hybridized carbons (Fsp3) is 0.175. The number of thioether (sulfide) groups is 1. The Balaban J connectivity index is 1.24. The molecule has 0 fully saturated rings. The SMILES string of the molecule is NC(SC(N)c1cccc2ccccc12)c1ccc(C2CC(c3ccccc3)NC(c3ccccc3)=N2)cc1C1=CCCC=C1. The van der Waals surface area contributed by atoms with Crippen molar-refractivity contribution in [2.24, 2.45) is 16.5 Å². The van der Waals surface area contributed by atoms with E-state index in [1.54, 1.807) is 11.8 Å². The van der Waals surface area contributed by atoms with Gasteiger partial charge in [0.2, 0.25) is 0 Å². The molecule has 0 radical (unpaired) electrons. The normalized spacial score (nSPS) is 19.3. The Labute approximate surface area is 270 Å². The molecular formula is C40H38N4S. The van der Waals surface area contributed by atoms with Crippen molar-refractivity contribution in [3.05, 3.63) is 173 Å². The quantitative estimate of drug-likeness (QED) is 0.154. The van der Waals surface area contributed by atoms with Crippen molar-refractivity contribution in [1.82, 2.24) is 5.32 Å². The van der Waals surface area contributed by atoms with Crippen molar-refractivity contribution in [2.75, 3.05) is 0 Å². The standard InChI is InChI=1S/C40H38N4S/c41-38(33-22-12-20-27-15-10-11-21-32(27)33)45-39(42)34-24-23-31(25-35(34)28-13-4-1-5-14-28)37-26-36(29-16-6-2-7-17-29)43-40(44-37)30-18-8-3-9-19-30/h2-4,6-25,36-39H,1,5,26,41-42H2,(H,43,44). The second-order valence-corrected chi connectivity index (χ2v) is 13.0. The minimum Gasteiger partial charge on any atom is -0.363 e. The first kappa shape index (κ1) is 29.3. The predicted octanol–water partition coefficient (Wildman–Crippen LogP) is 9.14. The van der Waals surface area contributed by atoms with Crippen LogP contribution in [-0.2, 0) is 0 Å². The van der Waals surface area contributed by atoms with Crippen LogP contribution in [0.15, 0.2) is 145 Å². The van der Waals surface area contributed by atoms with Crippen LogP contribution in [0.5, 0.6) is 0 Å². The van der Waals surface area contributed by atoms with Gasteiger partial charge in [-0.3, -0.25) is 4.99 Å². The Kier molecular flexibility index (Phi) is 8.65. The van der Waals surface area contributed by atoms with E-state index in [0.29, 0.717) is 0 Å². The molecule has 1 aliphatic heterocycles. The first-order valence-electron chi connectivity index (χ1n) is 15.7. The number of nitrogens with zero attached hydrogens (tertiary/aromatic N) is 1. The maximum absolute atomic E-state index is 7.00. The number of nitrogens with two attached hydrogens (primary N) is 2. The van der Waals surface area contributed by atoms with E-state index >= 15 is 0 Å². The topological polar surface area (TPSA) is 76.4 Å². The lowest BCUT2D eigenvalue weighted by molar-refractivity contribution is 0.490. The van der Waals surface area contributed by atoms with Gasteiger partial charge in [-0.2, -0.15) is 0 Å². The van der Waals surface area contributed by atoms with E-state index in [1.807, 2.05) is 6.07 Å². The second-order valence-electron chi connectivity index (χ2n) is 11.7. The summed E-state index contributed by atoms with van der Waals surface area (Å²) in [5.41, 5.74) is 22.0. The summed E-state index contributed by atoms with van der Waals surface area (Å²) in [5.74, 6) is 0.927. The van der Waals surface area contributed by atoms with Gasteiger partial charge in [-0.05, 0) is 69.5 Å². The van der Waals surface area contributed by atoms with Crippen LogP contribution in [0.2, 0.25) is 0 Å². The van der Waals surface area contributed by atoms with Crippen LogP contribution >= 0.6 is 11.8 Å². The number of fused-ring (bicyclic) bond motifs is 1. The summed E-state index contributed by atoms with van der Waals surface area (Å²) in [6, 6.07) is 42.7. The highest BCUT2D eigenvalue weighted by atomic mass is 32.2. The Hall–Kier alpha value is -4.42. The van der Waals surface area contributed by atoms with Crippen molar-refractivity contribution >= 4 is 33.9 Å². The van der Waals surface area contributed by atoms with Gasteiger partial charge in [0.15, 0.2) is 0 Å². The molecule has 1 heterocycles. The lowest BCUT2D eigenvalue weighted by atomic mass is 9.88. The first-order valence-corrected chi connectivity index (χ1v) is 16.7. The van der Waals surface area contributed by atoms with E-state index in [0.717, 1.165) is 41.8 Å². The van der Waals surface area contributed by atoms with Crippen molar-refractivity contribution in [1.29, 1.82) is 0 Å². The fourth-order valence-electron chi connectivity index (χ4n) is 6.46. The van der Waals surface area contributed by atoms with E-state index < -0.39 is 0 Å². The van der Waals surface area contributed by atoms with Gasteiger partial charge in [-0.1, -0.05) is 133 Å². The molecule has 5 aromatic rings. The molecular weight excluding hydrogens is 569 g/mol. The number of hydrogen-bond donors (Lipinski definition) is 3.